The molecular weight excluding hydrogens is 315 g/mol. The molecule has 1 aliphatic rings. The summed E-state index contributed by atoms with van der Waals surface area (Å²) in [5.74, 6) is 0. The largest absolute Gasteiger partial charge is 0.495 e. The Labute approximate surface area is 148 Å². The molecule has 5 heteroatoms. The number of rotatable bonds is 4. The lowest BCUT2D eigenvalue weighted by atomic mass is 9.74. The molecule has 2 aromatic carbocycles. The molecule has 1 heterocycles. The van der Waals surface area contributed by atoms with E-state index in [9.17, 15) is 0 Å². The molecule has 1 atom stereocenters. The van der Waals surface area contributed by atoms with E-state index in [0.717, 1.165) is 11.9 Å². The summed E-state index contributed by atoms with van der Waals surface area (Å²) in [4.78, 5) is 0. The van der Waals surface area contributed by atoms with Crippen LogP contribution in [-0.4, -0.2) is 34.9 Å². The molecule has 0 aliphatic carbocycles. The molecule has 0 spiro atoms. The van der Waals surface area contributed by atoms with Gasteiger partial charge >= 0.3 is 7.12 Å². The third kappa shape index (κ3) is 3.06. The summed E-state index contributed by atoms with van der Waals surface area (Å²) in [6.45, 7) is 10.4. The molecule has 3 nitrogen and oxygen atoms in total. The maximum absolute atomic E-state index is 6.28. The van der Waals surface area contributed by atoms with Crippen LogP contribution in [0.15, 0.2) is 36.4 Å². The van der Waals surface area contributed by atoms with Crippen molar-refractivity contribution in [2.45, 2.75) is 58.3 Å². The molecule has 24 heavy (non-hydrogen) atoms. The van der Waals surface area contributed by atoms with Crippen LogP contribution in [0.1, 0.15) is 40.2 Å². The molecule has 125 valence electrons. The molecule has 1 aliphatic heterocycles. The minimum atomic E-state index is -0.362. The van der Waals surface area contributed by atoms with Crippen LogP contribution in [0.4, 0.5) is 0 Å². The van der Waals surface area contributed by atoms with E-state index >= 15 is 0 Å². The number of hydrogen-bond acceptors (Lipinski definition) is 3. The van der Waals surface area contributed by atoms with Gasteiger partial charge in [0.2, 0.25) is 10.5 Å². The van der Waals surface area contributed by atoms with E-state index in [2.05, 4.69) is 74.6 Å². The van der Waals surface area contributed by atoms with Gasteiger partial charge < -0.3 is 13.7 Å². The SMILES string of the molecule is CC(Cc1cccc2cccc(B3OC(C)(C)C(C)(C)O3)c12)O[Si]. The second kappa shape index (κ2) is 6.30. The second-order valence-electron chi connectivity index (χ2n) is 7.58. The minimum Gasteiger partial charge on any atom is -0.416 e. The third-order valence-electron chi connectivity index (χ3n) is 5.24. The highest BCUT2D eigenvalue weighted by molar-refractivity contribution is 6.65. The van der Waals surface area contributed by atoms with Gasteiger partial charge in [0.1, 0.15) is 0 Å². The quantitative estimate of drug-likeness (QED) is 0.801. The Bertz CT molecular complexity index is 723. The van der Waals surface area contributed by atoms with E-state index in [1.165, 1.54) is 16.3 Å². The van der Waals surface area contributed by atoms with Crippen LogP contribution in [-0.2, 0) is 20.2 Å². The van der Waals surface area contributed by atoms with Crippen molar-refractivity contribution in [2.24, 2.45) is 0 Å². The van der Waals surface area contributed by atoms with Crippen molar-refractivity contribution in [2.75, 3.05) is 0 Å². The first kappa shape index (κ1) is 17.7. The van der Waals surface area contributed by atoms with Crippen LogP contribution >= 0.6 is 0 Å². The Morgan fingerprint density at radius 3 is 2.21 bits per heavy atom. The van der Waals surface area contributed by atoms with Gasteiger partial charge in [-0.25, -0.2) is 0 Å². The summed E-state index contributed by atoms with van der Waals surface area (Å²) in [6, 6.07) is 12.7. The number of fused-ring (bicyclic) bond motifs is 1. The topological polar surface area (TPSA) is 27.7 Å². The zero-order chi connectivity index (χ0) is 17.5. The lowest BCUT2D eigenvalue weighted by Gasteiger charge is -2.32. The van der Waals surface area contributed by atoms with Crippen LogP contribution in [0.25, 0.3) is 10.8 Å². The average Bonchev–Trinajstić information content (AvgIpc) is 2.75. The smallest absolute Gasteiger partial charge is 0.416 e. The zero-order valence-electron chi connectivity index (χ0n) is 15.1. The van der Waals surface area contributed by atoms with Crippen molar-refractivity contribution in [3.05, 3.63) is 42.0 Å². The summed E-state index contributed by atoms with van der Waals surface area (Å²) in [7, 11) is 2.79. The van der Waals surface area contributed by atoms with Gasteiger partial charge in [0, 0.05) is 6.10 Å². The van der Waals surface area contributed by atoms with Gasteiger partial charge in [0.05, 0.1) is 11.2 Å². The molecule has 0 amide bonds. The predicted molar refractivity (Wildman–Crippen MR) is 99.7 cm³/mol. The van der Waals surface area contributed by atoms with Gasteiger partial charge in [-0.15, -0.1) is 0 Å². The average molecular weight is 339 g/mol. The Balaban J connectivity index is 2.09. The lowest BCUT2D eigenvalue weighted by molar-refractivity contribution is 0.00578. The molecule has 0 bridgehead atoms. The first-order chi connectivity index (χ1) is 11.2. The third-order valence-corrected chi connectivity index (χ3v) is 5.64. The normalized spacial score (nSPS) is 20.5. The van der Waals surface area contributed by atoms with Gasteiger partial charge in [0.25, 0.3) is 0 Å². The summed E-state index contributed by atoms with van der Waals surface area (Å²) in [5.41, 5.74) is 1.63. The fourth-order valence-corrected chi connectivity index (χ4v) is 3.22. The molecule has 2 aromatic rings. The Morgan fingerprint density at radius 2 is 1.62 bits per heavy atom. The van der Waals surface area contributed by atoms with Gasteiger partial charge in [-0.1, -0.05) is 36.4 Å². The predicted octanol–water partition coefficient (Wildman–Crippen LogP) is 3.17. The molecular formula is C19H24BO3Si. The second-order valence-corrected chi connectivity index (χ2v) is 7.82. The van der Waals surface area contributed by atoms with Gasteiger partial charge in [-0.3, -0.25) is 0 Å². The molecule has 1 fully saturated rings. The van der Waals surface area contributed by atoms with Gasteiger partial charge in [0.15, 0.2) is 0 Å². The summed E-state index contributed by atoms with van der Waals surface area (Å²) in [6.07, 6.45) is 0.899. The highest BCUT2D eigenvalue weighted by atomic mass is 28.2. The highest BCUT2D eigenvalue weighted by Gasteiger charge is 2.52. The first-order valence-electron chi connectivity index (χ1n) is 8.44. The number of hydrogen-bond donors (Lipinski definition) is 0. The first-order valence-corrected chi connectivity index (χ1v) is 8.84. The van der Waals surface area contributed by atoms with E-state index in [1.54, 1.807) is 0 Å². The maximum Gasteiger partial charge on any atom is 0.495 e. The minimum absolute atomic E-state index is 0.0821. The van der Waals surface area contributed by atoms with Crippen LogP contribution in [0.5, 0.6) is 0 Å². The molecule has 0 N–H and O–H groups in total. The fraction of sp³-hybridized carbons (Fsp3) is 0.474. The molecule has 3 radical (unpaired) electrons. The van der Waals surface area contributed by atoms with Crippen LogP contribution in [0.2, 0.25) is 0 Å². The van der Waals surface area contributed by atoms with Crippen molar-refractivity contribution in [1.82, 2.24) is 0 Å². The van der Waals surface area contributed by atoms with E-state index in [0.29, 0.717) is 0 Å². The van der Waals surface area contributed by atoms with E-state index in [-0.39, 0.29) is 24.4 Å². The summed E-state index contributed by atoms with van der Waals surface area (Å²) in [5, 5.41) is 2.40. The monoisotopic (exact) mass is 339 g/mol. The molecule has 3 rings (SSSR count). The fourth-order valence-electron chi connectivity index (χ4n) is 3.14. The molecule has 1 unspecified atom stereocenters. The molecule has 1 saturated heterocycles. The van der Waals surface area contributed by atoms with E-state index < -0.39 is 0 Å². The number of benzene rings is 2. The van der Waals surface area contributed by atoms with Crippen molar-refractivity contribution in [1.29, 1.82) is 0 Å². The highest BCUT2D eigenvalue weighted by Crippen LogP contribution is 2.37. The van der Waals surface area contributed by atoms with Crippen LogP contribution < -0.4 is 5.46 Å². The Kier molecular flexibility index (Phi) is 4.64. The molecule has 0 aromatic heterocycles. The lowest BCUT2D eigenvalue weighted by Crippen LogP contribution is -2.41. The van der Waals surface area contributed by atoms with Crippen molar-refractivity contribution in [3.8, 4) is 0 Å². The Hall–Kier alpha value is -1.14. The van der Waals surface area contributed by atoms with Gasteiger partial charge in [-0.2, -0.15) is 0 Å². The van der Waals surface area contributed by atoms with Crippen molar-refractivity contribution < 1.29 is 13.7 Å². The van der Waals surface area contributed by atoms with Crippen LogP contribution in [0.3, 0.4) is 0 Å². The van der Waals surface area contributed by atoms with E-state index in [1.807, 2.05) is 6.92 Å². The summed E-state index contributed by atoms with van der Waals surface area (Å²) < 4.78 is 17.8. The van der Waals surface area contributed by atoms with Crippen molar-refractivity contribution in [3.63, 3.8) is 0 Å². The maximum atomic E-state index is 6.28. The van der Waals surface area contributed by atoms with Crippen molar-refractivity contribution >= 4 is 33.8 Å². The molecule has 0 saturated carbocycles. The zero-order valence-corrected chi connectivity index (χ0v) is 16.1. The standard InChI is InChI=1S/C19H24BO3Si/c1-13(21-24)12-15-10-6-8-14-9-7-11-16(17(14)15)20-22-18(2,3)19(4,5)23-20/h6-11,13H,12H2,1-5H3. The summed E-state index contributed by atoms with van der Waals surface area (Å²) >= 11 is 0. The van der Waals surface area contributed by atoms with Crippen LogP contribution in [0, 0.1) is 0 Å². The Morgan fingerprint density at radius 1 is 1.04 bits per heavy atom. The van der Waals surface area contributed by atoms with Gasteiger partial charge in [-0.05, 0) is 62.8 Å². The van der Waals surface area contributed by atoms with E-state index in [4.69, 9.17) is 13.7 Å².